The minimum atomic E-state index is -0.761. The molecule has 0 aromatic carbocycles. The highest BCUT2D eigenvalue weighted by Crippen LogP contribution is 2.15. The van der Waals surface area contributed by atoms with Gasteiger partial charge in [0.15, 0.2) is 6.10 Å². The van der Waals surface area contributed by atoms with Crippen molar-refractivity contribution < 1.29 is 28.6 Å². The van der Waals surface area contributed by atoms with Crippen molar-refractivity contribution in [2.75, 3.05) is 13.2 Å². The predicted molar refractivity (Wildman–Crippen MR) is 238 cm³/mol. The maximum absolute atomic E-state index is 12.7. The normalized spacial score (nSPS) is 12.0. The molecule has 0 aliphatic rings. The summed E-state index contributed by atoms with van der Waals surface area (Å²) in [6, 6.07) is 0. The lowest BCUT2D eigenvalue weighted by Crippen LogP contribution is -2.30. The molecule has 1 unspecified atom stereocenters. The Hall–Kier alpha value is -1.85. The lowest BCUT2D eigenvalue weighted by atomic mass is 10.0. The third-order valence-corrected chi connectivity index (χ3v) is 11.0. The summed E-state index contributed by atoms with van der Waals surface area (Å²) in [5.41, 5.74) is 0. The highest BCUT2D eigenvalue weighted by atomic mass is 16.6. The molecule has 6 heteroatoms. The molecule has 1 atom stereocenters. The fraction of sp³-hybridized carbons (Fsp3) is 0.900. The zero-order chi connectivity index (χ0) is 40.8. The molecular formula is C50H94O6. The van der Waals surface area contributed by atoms with Crippen LogP contribution in [0.15, 0.2) is 12.2 Å². The van der Waals surface area contributed by atoms with E-state index in [-0.39, 0.29) is 31.1 Å². The van der Waals surface area contributed by atoms with Crippen molar-refractivity contribution >= 4 is 17.9 Å². The molecule has 0 rings (SSSR count). The van der Waals surface area contributed by atoms with Crippen LogP contribution in [0.4, 0.5) is 0 Å². The van der Waals surface area contributed by atoms with Crippen molar-refractivity contribution in [1.29, 1.82) is 0 Å². The van der Waals surface area contributed by atoms with Gasteiger partial charge in [0.05, 0.1) is 0 Å². The van der Waals surface area contributed by atoms with E-state index in [1.54, 1.807) is 0 Å². The first-order valence-electron chi connectivity index (χ1n) is 24.7. The van der Waals surface area contributed by atoms with E-state index in [1.807, 2.05) is 0 Å². The molecule has 0 saturated heterocycles. The van der Waals surface area contributed by atoms with Crippen LogP contribution >= 0.6 is 0 Å². The lowest BCUT2D eigenvalue weighted by molar-refractivity contribution is -0.167. The molecule has 0 radical (unpaired) electrons. The van der Waals surface area contributed by atoms with Crippen LogP contribution in [0.5, 0.6) is 0 Å². The monoisotopic (exact) mass is 791 g/mol. The molecule has 0 aromatic heterocycles. The van der Waals surface area contributed by atoms with Gasteiger partial charge >= 0.3 is 17.9 Å². The molecule has 0 aliphatic heterocycles. The molecule has 0 heterocycles. The van der Waals surface area contributed by atoms with Crippen LogP contribution in [0.1, 0.15) is 271 Å². The lowest BCUT2D eigenvalue weighted by Gasteiger charge is -2.18. The first-order valence-corrected chi connectivity index (χ1v) is 24.7. The SMILES string of the molecule is CCCCCCCCCC/C=C\CCCCCCCCCCCC(=O)OCC(COC(=O)CCCCCCC)OC(=O)CCCCCCCCCCCCCC. The predicted octanol–water partition coefficient (Wildman–Crippen LogP) is 15.8. The minimum absolute atomic E-state index is 0.0676. The summed E-state index contributed by atoms with van der Waals surface area (Å²) in [4.78, 5) is 37.5. The molecule has 0 N–H and O–H groups in total. The Balaban J connectivity index is 4.08. The highest BCUT2D eigenvalue weighted by molar-refractivity contribution is 5.71. The Kier molecular flexibility index (Phi) is 44.3. The Morgan fingerprint density at radius 3 is 0.893 bits per heavy atom. The summed E-state index contributed by atoms with van der Waals surface area (Å²) in [7, 11) is 0. The third-order valence-electron chi connectivity index (χ3n) is 11.0. The largest absolute Gasteiger partial charge is 0.462 e. The standard InChI is InChI=1S/C50H94O6/c1-4-7-10-13-15-17-19-21-22-23-24-25-26-27-28-29-31-32-34-37-40-43-49(52)55-46-47(45-54-48(51)42-39-36-12-9-6-3)56-50(53)44-41-38-35-33-30-20-18-16-14-11-8-5-2/h23-24,47H,4-22,25-46H2,1-3H3/b24-23-. The average Bonchev–Trinajstić information content (AvgIpc) is 3.19. The summed E-state index contributed by atoms with van der Waals surface area (Å²) in [5, 5.41) is 0. The zero-order valence-electron chi connectivity index (χ0n) is 37.7. The van der Waals surface area contributed by atoms with Gasteiger partial charge in [-0.1, -0.05) is 219 Å². The third kappa shape index (κ3) is 43.3. The molecule has 0 spiro atoms. The number of allylic oxidation sites excluding steroid dienone is 2. The molecule has 0 aliphatic carbocycles. The topological polar surface area (TPSA) is 78.9 Å². The molecule has 6 nitrogen and oxygen atoms in total. The van der Waals surface area contributed by atoms with E-state index < -0.39 is 6.10 Å². The van der Waals surface area contributed by atoms with E-state index in [0.29, 0.717) is 19.3 Å². The maximum atomic E-state index is 12.7. The molecule has 0 aromatic rings. The van der Waals surface area contributed by atoms with Crippen LogP contribution in [0.3, 0.4) is 0 Å². The van der Waals surface area contributed by atoms with Crippen molar-refractivity contribution in [1.82, 2.24) is 0 Å². The van der Waals surface area contributed by atoms with Crippen molar-refractivity contribution in [3.63, 3.8) is 0 Å². The fourth-order valence-electron chi connectivity index (χ4n) is 7.26. The van der Waals surface area contributed by atoms with Gasteiger partial charge < -0.3 is 14.2 Å². The molecule has 330 valence electrons. The summed E-state index contributed by atoms with van der Waals surface area (Å²) in [6.07, 6.45) is 49.5. The number of ether oxygens (including phenoxy) is 3. The van der Waals surface area contributed by atoms with Gasteiger partial charge in [-0.2, -0.15) is 0 Å². The fourth-order valence-corrected chi connectivity index (χ4v) is 7.26. The second-order valence-electron chi connectivity index (χ2n) is 16.7. The highest BCUT2D eigenvalue weighted by Gasteiger charge is 2.19. The van der Waals surface area contributed by atoms with Gasteiger partial charge in [0.2, 0.25) is 0 Å². The van der Waals surface area contributed by atoms with Crippen LogP contribution < -0.4 is 0 Å². The second-order valence-corrected chi connectivity index (χ2v) is 16.7. The Labute approximate surface area is 348 Å². The number of hydrogen-bond donors (Lipinski definition) is 0. The Morgan fingerprint density at radius 1 is 0.339 bits per heavy atom. The number of hydrogen-bond acceptors (Lipinski definition) is 6. The summed E-state index contributed by atoms with van der Waals surface area (Å²) < 4.78 is 16.6. The van der Waals surface area contributed by atoms with E-state index in [1.165, 1.54) is 167 Å². The number of carbonyl (C=O) groups excluding carboxylic acids is 3. The van der Waals surface area contributed by atoms with Crippen molar-refractivity contribution in [2.45, 2.75) is 277 Å². The molecule has 0 fully saturated rings. The zero-order valence-corrected chi connectivity index (χ0v) is 37.7. The number of unbranched alkanes of at least 4 members (excludes halogenated alkanes) is 32. The smallest absolute Gasteiger partial charge is 0.306 e. The number of carbonyl (C=O) groups is 3. The molecule has 56 heavy (non-hydrogen) atoms. The van der Waals surface area contributed by atoms with Crippen LogP contribution in [-0.2, 0) is 28.6 Å². The Bertz CT molecular complexity index is 870. The quantitative estimate of drug-likeness (QED) is 0.0264. The van der Waals surface area contributed by atoms with Gasteiger partial charge in [0.25, 0.3) is 0 Å². The number of esters is 3. The van der Waals surface area contributed by atoms with Crippen molar-refractivity contribution in [3.05, 3.63) is 12.2 Å². The molecule has 0 saturated carbocycles. The molecule has 0 bridgehead atoms. The molecular weight excluding hydrogens is 697 g/mol. The van der Waals surface area contributed by atoms with E-state index in [2.05, 4.69) is 32.9 Å². The first-order chi connectivity index (χ1) is 27.5. The van der Waals surface area contributed by atoms with E-state index in [4.69, 9.17) is 14.2 Å². The second kappa shape index (κ2) is 45.8. The van der Waals surface area contributed by atoms with Crippen molar-refractivity contribution in [3.8, 4) is 0 Å². The number of rotatable bonds is 45. The average molecular weight is 791 g/mol. The van der Waals surface area contributed by atoms with E-state index in [9.17, 15) is 14.4 Å². The van der Waals surface area contributed by atoms with Gasteiger partial charge in [-0.15, -0.1) is 0 Å². The summed E-state index contributed by atoms with van der Waals surface area (Å²) in [5.74, 6) is -0.873. The molecule has 0 amide bonds. The minimum Gasteiger partial charge on any atom is -0.462 e. The van der Waals surface area contributed by atoms with Gasteiger partial charge in [-0.3, -0.25) is 14.4 Å². The maximum Gasteiger partial charge on any atom is 0.306 e. The van der Waals surface area contributed by atoms with Crippen molar-refractivity contribution in [2.24, 2.45) is 0 Å². The van der Waals surface area contributed by atoms with Gasteiger partial charge in [-0.05, 0) is 44.9 Å². The summed E-state index contributed by atoms with van der Waals surface area (Å²) >= 11 is 0. The van der Waals surface area contributed by atoms with Gasteiger partial charge in [-0.25, -0.2) is 0 Å². The van der Waals surface area contributed by atoms with Crippen LogP contribution in [0, 0.1) is 0 Å². The van der Waals surface area contributed by atoms with Gasteiger partial charge in [0, 0.05) is 19.3 Å². The van der Waals surface area contributed by atoms with E-state index >= 15 is 0 Å². The first kappa shape index (κ1) is 54.2. The Morgan fingerprint density at radius 2 is 0.589 bits per heavy atom. The summed E-state index contributed by atoms with van der Waals surface area (Å²) in [6.45, 7) is 6.57. The van der Waals surface area contributed by atoms with E-state index in [0.717, 1.165) is 64.2 Å². The van der Waals surface area contributed by atoms with Crippen LogP contribution in [-0.4, -0.2) is 37.2 Å². The van der Waals surface area contributed by atoms with Gasteiger partial charge in [0.1, 0.15) is 13.2 Å². The van der Waals surface area contributed by atoms with Crippen LogP contribution in [0.25, 0.3) is 0 Å². The van der Waals surface area contributed by atoms with Crippen LogP contribution in [0.2, 0.25) is 0 Å².